The number of nitrogens with two attached hydrogens (primary N) is 1. The zero-order valence-electron chi connectivity index (χ0n) is 17.9. The van der Waals surface area contributed by atoms with Gasteiger partial charge in [0.1, 0.15) is 7.85 Å². The van der Waals surface area contributed by atoms with E-state index in [-0.39, 0.29) is 0 Å². The lowest BCUT2D eigenvalue weighted by molar-refractivity contribution is -0.107. The van der Waals surface area contributed by atoms with Crippen molar-refractivity contribution in [1.82, 2.24) is 5.32 Å². The molecule has 0 heterocycles. The number of benzene rings is 2. The fourth-order valence-electron chi connectivity index (χ4n) is 1.56. The van der Waals surface area contributed by atoms with Gasteiger partial charge in [0.2, 0.25) is 0 Å². The maximum atomic E-state index is 10.3. The number of rotatable bonds is 4. The van der Waals surface area contributed by atoms with E-state index in [0.717, 1.165) is 22.3 Å². The summed E-state index contributed by atoms with van der Waals surface area (Å²) >= 11 is 4.13. The molecule has 2 radical (unpaired) electrons. The van der Waals surface area contributed by atoms with Crippen molar-refractivity contribution >= 4 is 32.0 Å². The Bertz CT molecular complexity index is 689. The molecular formula is C22H33BN2O3S. The first kappa shape index (κ1) is 27.0. The predicted molar refractivity (Wildman–Crippen MR) is 124 cm³/mol. The second-order valence-electron chi connectivity index (χ2n) is 7.74. The molecule has 0 fully saturated rings. The van der Waals surface area contributed by atoms with Crippen LogP contribution in [0.4, 0.5) is 4.79 Å². The molecule has 0 saturated carbocycles. The van der Waals surface area contributed by atoms with Crippen LogP contribution in [0, 0.1) is 6.92 Å². The monoisotopic (exact) mass is 416 g/mol. The van der Waals surface area contributed by atoms with E-state index in [1.54, 1.807) is 27.7 Å². The number of amides is 2. The van der Waals surface area contributed by atoms with Gasteiger partial charge in [-0.25, -0.2) is 4.79 Å². The normalized spacial score (nSPS) is 10.8. The van der Waals surface area contributed by atoms with Crippen LogP contribution in [-0.4, -0.2) is 41.8 Å². The van der Waals surface area contributed by atoms with E-state index in [2.05, 4.69) is 24.9 Å². The number of thiol groups is 1. The minimum absolute atomic E-state index is 0.490. The maximum Gasteiger partial charge on any atom is 0.312 e. The van der Waals surface area contributed by atoms with Crippen molar-refractivity contribution in [2.45, 2.75) is 57.1 Å². The lowest BCUT2D eigenvalue weighted by Gasteiger charge is -2.31. The number of aryl methyl sites for hydroxylation is 1. The van der Waals surface area contributed by atoms with E-state index in [4.69, 9.17) is 23.8 Å². The van der Waals surface area contributed by atoms with Gasteiger partial charge in [-0.05, 0) is 58.7 Å². The average molecular weight is 416 g/mol. The molecule has 0 atom stereocenters. The summed E-state index contributed by atoms with van der Waals surface area (Å²) in [6.07, 6.45) is 0.767. The van der Waals surface area contributed by atoms with Gasteiger partial charge >= 0.3 is 6.03 Å². The minimum Gasteiger partial charge on any atom is -0.387 e. The number of aliphatic hydroxyl groups is 2. The SMILES string of the molecule is CC(C)(O)C(C)(C)O.Cc1ccc(S)cc1.[B]c1ccc(CCNC(N)=O)cc1. The molecule has 2 amide bonds. The average Bonchev–Trinajstić information content (AvgIpc) is 2.58. The fourth-order valence-corrected chi connectivity index (χ4v) is 1.71. The Hall–Kier alpha value is -1.96. The summed E-state index contributed by atoms with van der Waals surface area (Å²) in [7, 11) is 5.51. The van der Waals surface area contributed by atoms with Crippen LogP contribution in [0.25, 0.3) is 0 Å². The van der Waals surface area contributed by atoms with E-state index in [1.807, 2.05) is 48.5 Å². The van der Waals surface area contributed by atoms with Crippen LogP contribution < -0.4 is 16.5 Å². The number of urea groups is 1. The summed E-state index contributed by atoms with van der Waals surface area (Å²) in [6.45, 7) is 8.92. The van der Waals surface area contributed by atoms with E-state index < -0.39 is 17.2 Å². The van der Waals surface area contributed by atoms with Crippen LogP contribution >= 0.6 is 12.6 Å². The molecule has 0 aliphatic rings. The number of carbonyl (C=O) groups excluding carboxylic acids is 1. The summed E-state index contributed by atoms with van der Waals surface area (Å²) in [5.41, 5.74) is 6.05. The highest BCUT2D eigenvalue weighted by Gasteiger charge is 2.31. The Labute approximate surface area is 181 Å². The Morgan fingerprint density at radius 1 is 1.00 bits per heavy atom. The molecule has 0 aliphatic carbocycles. The van der Waals surface area contributed by atoms with Crippen LogP contribution in [0.5, 0.6) is 0 Å². The Morgan fingerprint density at radius 3 is 1.79 bits per heavy atom. The summed E-state index contributed by atoms with van der Waals surface area (Å²) in [6, 6.07) is 15.1. The first-order valence-corrected chi connectivity index (χ1v) is 9.75. The molecule has 158 valence electrons. The lowest BCUT2D eigenvalue weighted by atomic mass is 9.90. The zero-order valence-corrected chi connectivity index (χ0v) is 18.8. The van der Waals surface area contributed by atoms with Gasteiger partial charge < -0.3 is 21.3 Å². The third-order valence-electron chi connectivity index (χ3n) is 4.22. The van der Waals surface area contributed by atoms with Crippen molar-refractivity contribution in [3.63, 3.8) is 0 Å². The fraction of sp³-hybridized carbons (Fsp3) is 0.409. The molecule has 2 aromatic rings. The Kier molecular flexibility index (Phi) is 11.7. The van der Waals surface area contributed by atoms with Crippen molar-refractivity contribution in [3.05, 3.63) is 59.7 Å². The molecule has 0 bridgehead atoms. The molecule has 29 heavy (non-hydrogen) atoms. The highest BCUT2D eigenvalue weighted by Crippen LogP contribution is 2.19. The lowest BCUT2D eigenvalue weighted by Crippen LogP contribution is -2.44. The van der Waals surface area contributed by atoms with E-state index in [0.29, 0.717) is 6.54 Å². The van der Waals surface area contributed by atoms with Gasteiger partial charge in [0.15, 0.2) is 0 Å². The number of primary amides is 1. The molecule has 5 N–H and O–H groups in total. The molecule has 2 aromatic carbocycles. The second-order valence-corrected chi connectivity index (χ2v) is 8.25. The molecule has 0 aliphatic heterocycles. The molecule has 0 aromatic heterocycles. The second kappa shape index (κ2) is 12.6. The van der Waals surface area contributed by atoms with E-state index in [1.165, 1.54) is 5.56 Å². The Morgan fingerprint density at radius 2 is 1.45 bits per heavy atom. The van der Waals surface area contributed by atoms with E-state index in [9.17, 15) is 4.79 Å². The zero-order chi connectivity index (χ0) is 22.7. The van der Waals surface area contributed by atoms with Crippen molar-refractivity contribution in [2.75, 3.05) is 6.54 Å². The summed E-state index contributed by atoms with van der Waals surface area (Å²) in [5.74, 6) is 0. The summed E-state index contributed by atoms with van der Waals surface area (Å²) in [5, 5.41) is 20.7. The highest BCUT2D eigenvalue weighted by molar-refractivity contribution is 7.80. The third-order valence-corrected chi connectivity index (χ3v) is 4.52. The summed E-state index contributed by atoms with van der Waals surface area (Å²) < 4.78 is 0. The number of carbonyl (C=O) groups is 1. The van der Waals surface area contributed by atoms with Gasteiger partial charge in [0.05, 0.1) is 11.2 Å². The van der Waals surface area contributed by atoms with Crippen molar-refractivity contribution in [3.8, 4) is 0 Å². The molecule has 5 nitrogen and oxygen atoms in total. The van der Waals surface area contributed by atoms with E-state index >= 15 is 0 Å². The van der Waals surface area contributed by atoms with Crippen LogP contribution in [0.1, 0.15) is 38.8 Å². The van der Waals surface area contributed by atoms with Gasteiger partial charge in [0.25, 0.3) is 0 Å². The Balaban J connectivity index is 0.000000427. The van der Waals surface area contributed by atoms with Gasteiger partial charge in [0, 0.05) is 11.4 Å². The molecule has 0 saturated heterocycles. The molecule has 7 heteroatoms. The van der Waals surface area contributed by atoms with Gasteiger partial charge in [-0.2, -0.15) is 0 Å². The quantitative estimate of drug-likeness (QED) is 0.392. The predicted octanol–water partition coefficient (Wildman–Crippen LogP) is 2.50. The number of nitrogens with one attached hydrogen (secondary N) is 1. The van der Waals surface area contributed by atoms with Crippen LogP contribution in [-0.2, 0) is 6.42 Å². The first-order valence-electron chi connectivity index (χ1n) is 9.30. The van der Waals surface area contributed by atoms with Crippen molar-refractivity contribution in [1.29, 1.82) is 0 Å². The maximum absolute atomic E-state index is 10.3. The van der Waals surface area contributed by atoms with Gasteiger partial charge in [-0.3, -0.25) is 0 Å². The molecule has 2 rings (SSSR count). The third kappa shape index (κ3) is 13.8. The highest BCUT2D eigenvalue weighted by atomic mass is 32.1. The minimum atomic E-state index is -1.01. The largest absolute Gasteiger partial charge is 0.387 e. The summed E-state index contributed by atoms with van der Waals surface area (Å²) in [4.78, 5) is 11.4. The molecular weight excluding hydrogens is 383 g/mol. The van der Waals surface area contributed by atoms with Crippen LogP contribution in [0.15, 0.2) is 53.4 Å². The van der Waals surface area contributed by atoms with Crippen molar-refractivity contribution < 1.29 is 15.0 Å². The standard InChI is InChI=1S/C9H11BN2O.C7H8S.C6H14O2/c10-8-3-1-7(2-4-8)5-6-12-9(11)13;1-6-2-4-7(8)5-3-6;1-5(2,7)6(3,4)8/h1-4H,5-6H2,(H3,11,12,13);2-5,8H,1H3;7-8H,1-4H3. The van der Waals surface area contributed by atoms with Crippen molar-refractivity contribution in [2.24, 2.45) is 5.73 Å². The van der Waals surface area contributed by atoms with Crippen LogP contribution in [0.3, 0.4) is 0 Å². The molecule has 0 spiro atoms. The number of hydrogen-bond acceptors (Lipinski definition) is 4. The smallest absolute Gasteiger partial charge is 0.312 e. The first-order chi connectivity index (χ1) is 13.2. The van der Waals surface area contributed by atoms with Gasteiger partial charge in [-0.1, -0.05) is 47.4 Å². The van der Waals surface area contributed by atoms with Gasteiger partial charge in [-0.15, -0.1) is 12.6 Å². The number of hydrogen-bond donors (Lipinski definition) is 5. The molecule has 0 unspecified atom stereocenters. The van der Waals surface area contributed by atoms with Crippen LogP contribution in [0.2, 0.25) is 0 Å². The topological polar surface area (TPSA) is 95.6 Å².